The molecule has 0 aliphatic carbocycles. The molecule has 0 saturated heterocycles. The van der Waals surface area contributed by atoms with Gasteiger partial charge in [0.25, 0.3) is 0 Å². The van der Waals surface area contributed by atoms with Crippen LogP contribution in [-0.2, 0) is 32.7 Å². The van der Waals surface area contributed by atoms with Crippen molar-refractivity contribution in [1.29, 1.82) is 0 Å². The summed E-state index contributed by atoms with van der Waals surface area (Å²) in [6, 6.07) is 0. The molecule has 3 N–H and O–H groups in total. The van der Waals surface area contributed by atoms with E-state index in [1.54, 1.807) is 0 Å². The SMILES string of the molecule is CC/C=C\C/C=C\C/C=C\C/C=C\CCCCCCCCCCCCC(=O)OC(COC(=O)CCCCCCCCCCC/C=C\C/C=C\CCCCC)COP(=O)(O)OCCN. The van der Waals surface area contributed by atoms with Crippen molar-refractivity contribution in [2.45, 2.75) is 225 Å². The Morgan fingerprint density at radius 1 is 0.492 bits per heavy atom. The van der Waals surface area contributed by atoms with E-state index >= 15 is 0 Å². The second-order valence-electron chi connectivity index (χ2n) is 16.7. The van der Waals surface area contributed by atoms with Crippen LogP contribution in [-0.4, -0.2) is 49.3 Å². The average Bonchev–Trinajstić information content (AvgIpc) is 3.27. The number of esters is 2. The maximum absolute atomic E-state index is 12.7. The molecule has 0 rings (SSSR count). The summed E-state index contributed by atoms with van der Waals surface area (Å²) in [6.07, 6.45) is 60.7. The molecule has 0 fully saturated rings. The van der Waals surface area contributed by atoms with Gasteiger partial charge in [0.15, 0.2) is 6.10 Å². The number of nitrogens with two attached hydrogens (primary N) is 1. The molecule has 0 aliphatic rings. The molecule has 0 bridgehead atoms. The molecule has 0 aromatic heterocycles. The zero-order chi connectivity index (χ0) is 46.0. The Bertz CT molecular complexity index is 1260. The first-order valence-electron chi connectivity index (χ1n) is 25.4. The third kappa shape index (κ3) is 48.7. The molecule has 0 spiro atoms. The lowest BCUT2D eigenvalue weighted by molar-refractivity contribution is -0.161. The number of phosphoric ester groups is 1. The molecule has 0 saturated carbocycles. The van der Waals surface area contributed by atoms with Crippen molar-refractivity contribution in [1.82, 2.24) is 0 Å². The molecule has 2 unspecified atom stereocenters. The second kappa shape index (κ2) is 48.9. The van der Waals surface area contributed by atoms with E-state index in [9.17, 15) is 19.0 Å². The minimum atomic E-state index is -4.39. The minimum Gasteiger partial charge on any atom is -0.462 e. The summed E-state index contributed by atoms with van der Waals surface area (Å²) in [6.45, 7) is 3.60. The summed E-state index contributed by atoms with van der Waals surface area (Å²) in [4.78, 5) is 35.1. The molecule has 0 heterocycles. The summed E-state index contributed by atoms with van der Waals surface area (Å²) in [7, 11) is -4.39. The summed E-state index contributed by atoms with van der Waals surface area (Å²) in [5.74, 6) is -0.838. The number of carbonyl (C=O) groups is 2. The number of hydrogen-bond donors (Lipinski definition) is 2. The van der Waals surface area contributed by atoms with Crippen LogP contribution in [0.4, 0.5) is 0 Å². The Morgan fingerprint density at radius 3 is 1.30 bits per heavy atom. The fourth-order valence-electron chi connectivity index (χ4n) is 6.83. The molecule has 0 aromatic rings. The van der Waals surface area contributed by atoms with Crippen molar-refractivity contribution in [2.24, 2.45) is 5.73 Å². The lowest BCUT2D eigenvalue weighted by atomic mass is 10.0. The van der Waals surface area contributed by atoms with Gasteiger partial charge in [-0.1, -0.05) is 196 Å². The molecule has 0 aromatic carbocycles. The van der Waals surface area contributed by atoms with E-state index in [4.69, 9.17) is 24.3 Å². The number of ether oxygens (including phenoxy) is 2. The van der Waals surface area contributed by atoms with Gasteiger partial charge < -0.3 is 20.1 Å². The van der Waals surface area contributed by atoms with Crippen molar-refractivity contribution in [3.8, 4) is 0 Å². The first-order chi connectivity index (χ1) is 30.8. The molecule has 364 valence electrons. The molecule has 2 atom stereocenters. The Morgan fingerprint density at radius 2 is 0.873 bits per heavy atom. The largest absolute Gasteiger partial charge is 0.472 e. The highest BCUT2D eigenvalue weighted by Gasteiger charge is 2.26. The third-order valence-corrected chi connectivity index (χ3v) is 11.6. The van der Waals surface area contributed by atoms with E-state index in [1.165, 1.54) is 96.3 Å². The number of carbonyl (C=O) groups excluding carboxylic acids is 2. The lowest BCUT2D eigenvalue weighted by Crippen LogP contribution is -2.29. The van der Waals surface area contributed by atoms with Crippen LogP contribution in [0.2, 0.25) is 0 Å². The number of allylic oxidation sites excluding steroid dienone is 12. The van der Waals surface area contributed by atoms with E-state index in [0.717, 1.165) is 89.9 Å². The summed E-state index contributed by atoms with van der Waals surface area (Å²) in [5.41, 5.74) is 5.37. The Labute approximate surface area is 386 Å². The van der Waals surface area contributed by atoms with Gasteiger partial charge in [0, 0.05) is 19.4 Å². The molecular formula is C53H94NO8P. The zero-order valence-electron chi connectivity index (χ0n) is 40.3. The summed E-state index contributed by atoms with van der Waals surface area (Å²) < 4.78 is 32.9. The Balaban J connectivity index is 4.07. The Kier molecular flexibility index (Phi) is 46.9. The fourth-order valence-corrected chi connectivity index (χ4v) is 7.60. The van der Waals surface area contributed by atoms with E-state index in [1.807, 2.05) is 0 Å². The van der Waals surface area contributed by atoms with Gasteiger partial charge in [-0.3, -0.25) is 18.6 Å². The van der Waals surface area contributed by atoms with Crippen molar-refractivity contribution in [3.05, 3.63) is 72.9 Å². The molecular weight excluding hydrogens is 810 g/mol. The van der Waals surface area contributed by atoms with Crippen LogP contribution in [0.3, 0.4) is 0 Å². The van der Waals surface area contributed by atoms with Gasteiger partial charge >= 0.3 is 19.8 Å². The first kappa shape index (κ1) is 60.5. The van der Waals surface area contributed by atoms with Crippen LogP contribution < -0.4 is 5.73 Å². The van der Waals surface area contributed by atoms with Gasteiger partial charge in [0.1, 0.15) is 6.61 Å². The smallest absolute Gasteiger partial charge is 0.462 e. The van der Waals surface area contributed by atoms with Crippen LogP contribution in [0.15, 0.2) is 72.9 Å². The van der Waals surface area contributed by atoms with Crippen LogP contribution >= 0.6 is 7.82 Å². The second-order valence-corrected chi connectivity index (χ2v) is 18.1. The average molecular weight is 904 g/mol. The maximum Gasteiger partial charge on any atom is 0.472 e. The highest BCUT2D eigenvalue weighted by Crippen LogP contribution is 2.43. The van der Waals surface area contributed by atoms with Crippen LogP contribution in [0.25, 0.3) is 0 Å². The van der Waals surface area contributed by atoms with Crippen molar-refractivity contribution in [3.63, 3.8) is 0 Å². The minimum absolute atomic E-state index is 0.0492. The lowest BCUT2D eigenvalue weighted by Gasteiger charge is -2.19. The fraction of sp³-hybridized carbons (Fsp3) is 0.736. The summed E-state index contributed by atoms with van der Waals surface area (Å²) in [5, 5.41) is 0. The van der Waals surface area contributed by atoms with Gasteiger partial charge in [-0.15, -0.1) is 0 Å². The van der Waals surface area contributed by atoms with E-state index in [-0.39, 0.29) is 38.6 Å². The van der Waals surface area contributed by atoms with E-state index < -0.39 is 26.5 Å². The number of phosphoric acid groups is 1. The Hall–Kier alpha value is -2.55. The van der Waals surface area contributed by atoms with E-state index in [0.29, 0.717) is 6.42 Å². The quantitative estimate of drug-likeness (QED) is 0.0265. The van der Waals surface area contributed by atoms with Crippen molar-refractivity contribution < 1.29 is 37.6 Å². The molecule has 0 amide bonds. The van der Waals surface area contributed by atoms with Crippen LogP contribution in [0.5, 0.6) is 0 Å². The van der Waals surface area contributed by atoms with Crippen molar-refractivity contribution >= 4 is 19.8 Å². The topological polar surface area (TPSA) is 134 Å². The zero-order valence-corrected chi connectivity index (χ0v) is 41.2. The maximum atomic E-state index is 12.7. The van der Waals surface area contributed by atoms with Gasteiger partial charge in [-0.2, -0.15) is 0 Å². The van der Waals surface area contributed by atoms with E-state index in [2.05, 4.69) is 86.8 Å². The number of rotatable bonds is 47. The van der Waals surface area contributed by atoms with Gasteiger partial charge in [-0.05, 0) is 83.5 Å². The molecule has 9 nitrogen and oxygen atoms in total. The van der Waals surface area contributed by atoms with Gasteiger partial charge in [0.05, 0.1) is 13.2 Å². The number of unbranched alkanes of at least 4 members (excludes halogenated alkanes) is 22. The van der Waals surface area contributed by atoms with Crippen LogP contribution in [0.1, 0.15) is 219 Å². The number of hydrogen-bond acceptors (Lipinski definition) is 8. The highest BCUT2D eigenvalue weighted by atomic mass is 31.2. The first-order valence-corrected chi connectivity index (χ1v) is 26.9. The van der Waals surface area contributed by atoms with Crippen molar-refractivity contribution in [2.75, 3.05) is 26.4 Å². The predicted molar refractivity (Wildman–Crippen MR) is 266 cm³/mol. The van der Waals surface area contributed by atoms with Gasteiger partial charge in [-0.25, -0.2) is 4.57 Å². The molecule has 0 aliphatic heterocycles. The summed E-state index contributed by atoms with van der Waals surface area (Å²) >= 11 is 0. The monoisotopic (exact) mass is 904 g/mol. The normalized spacial score (nSPS) is 13.8. The van der Waals surface area contributed by atoms with Gasteiger partial charge in [0.2, 0.25) is 0 Å². The highest BCUT2D eigenvalue weighted by molar-refractivity contribution is 7.47. The van der Waals surface area contributed by atoms with Crippen LogP contribution in [0, 0.1) is 0 Å². The molecule has 0 radical (unpaired) electrons. The predicted octanol–water partition coefficient (Wildman–Crippen LogP) is 15.4. The standard InChI is InChI=1S/C53H94NO8P/c1-3-5-7-9-11-13-15-17-19-21-23-24-25-26-28-30-32-34-36-38-40-42-44-46-53(56)62-51(50-61-63(57,58)60-48-47-54)49-59-52(55)45-43-41-39-37-35-33-31-29-27-22-20-18-16-14-12-10-8-6-4-2/h5,7,11-14,17-20,23-24,51H,3-4,6,8-10,15-16,21-22,25-50,54H2,1-2H3,(H,57,58)/b7-5-,13-11-,14-12-,19-17-,20-18-,24-23-. The molecule has 63 heavy (non-hydrogen) atoms. The third-order valence-electron chi connectivity index (χ3n) is 10.6. The molecule has 10 heteroatoms.